The van der Waals surface area contributed by atoms with Gasteiger partial charge in [0.25, 0.3) is 11.7 Å². The highest BCUT2D eigenvalue weighted by atomic mass is 16.5. The number of aliphatic hydroxyl groups excluding tert-OH is 1. The van der Waals surface area contributed by atoms with Crippen molar-refractivity contribution in [3.63, 3.8) is 0 Å². The second-order valence-corrected chi connectivity index (χ2v) is 7.94. The summed E-state index contributed by atoms with van der Waals surface area (Å²) in [5, 5.41) is 11.1. The van der Waals surface area contributed by atoms with E-state index in [2.05, 4.69) is 4.90 Å². The van der Waals surface area contributed by atoms with Gasteiger partial charge in [-0.3, -0.25) is 14.5 Å². The third-order valence-electron chi connectivity index (χ3n) is 5.98. The number of carbonyl (C=O) groups is 2. The van der Waals surface area contributed by atoms with E-state index < -0.39 is 17.7 Å². The lowest BCUT2D eigenvalue weighted by molar-refractivity contribution is -0.140. The smallest absolute Gasteiger partial charge is 0.295 e. The molecule has 2 aromatic rings. The van der Waals surface area contributed by atoms with Gasteiger partial charge < -0.3 is 19.5 Å². The summed E-state index contributed by atoms with van der Waals surface area (Å²) in [6.45, 7) is 4.43. The minimum absolute atomic E-state index is 0.112. The summed E-state index contributed by atoms with van der Waals surface area (Å²) < 4.78 is 10.6. The number of hydrogen-bond donors (Lipinski definition) is 1. The number of morpholine rings is 1. The zero-order valence-corrected chi connectivity index (χ0v) is 18.2. The number of methoxy groups -OCH3 is 1. The fourth-order valence-electron chi connectivity index (χ4n) is 4.31. The number of hydrogen-bond acceptors (Lipinski definition) is 6. The van der Waals surface area contributed by atoms with Crippen molar-refractivity contribution in [1.82, 2.24) is 9.80 Å². The van der Waals surface area contributed by atoms with Crippen molar-refractivity contribution >= 4 is 17.4 Å². The Hall–Kier alpha value is -3.16. The number of Topliss-reactive ketones (excluding diaryl/α,β-unsaturated/α-hetero) is 1. The lowest BCUT2D eigenvalue weighted by Crippen LogP contribution is -2.38. The van der Waals surface area contributed by atoms with E-state index in [-0.39, 0.29) is 11.3 Å². The molecule has 7 nitrogen and oxygen atoms in total. The number of rotatable bonds is 7. The fourth-order valence-corrected chi connectivity index (χ4v) is 4.31. The molecule has 0 aromatic heterocycles. The summed E-state index contributed by atoms with van der Waals surface area (Å²) in [4.78, 5) is 30.0. The predicted octanol–water partition coefficient (Wildman–Crippen LogP) is 2.84. The standard InChI is InChI=1S/C25H28N2O5/c1-31-20-10-5-9-19(17-20)23(28)21-22(18-7-3-2-4-8-18)27(25(30)24(21)29)12-6-11-26-13-15-32-16-14-26/h2-5,7-10,17,22,28H,6,11-16H2,1H3/t22-/m1/s1. The number of ether oxygens (including phenoxy) is 2. The van der Waals surface area contributed by atoms with Crippen LogP contribution in [0.25, 0.3) is 5.76 Å². The van der Waals surface area contributed by atoms with Gasteiger partial charge in [-0.25, -0.2) is 0 Å². The molecule has 0 spiro atoms. The van der Waals surface area contributed by atoms with Crippen LogP contribution >= 0.6 is 0 Å². The average molecular weight is 437 g/mol. The van der Waals surface area contributed by atoms with E-state index in [9.17, 15) is 14.7 Å². The van der Waals surface area contributed by atoms with Gasteiger partial charge in [0, 0.05) is 31.7 Å². The highest BCUT2D eigenvalue weighted by Gasteiger charge is 2.45. The van der Waals surface area contributed by atoms with Crippen LogP contribution in [0.2, 0.25) is 0 Å². The summed E-state index contributed by atoms with van der Waals surface area (Å²) in [6, 6.07) is 15.6. The first-order valence-electron chi connectivity index (χ1n) is 10.9. The van der Waals surface area contributed by atoms with E-state index in [1.807, 2.05) is 30.3 Å². The Kier molecular flexibility index (Phi) is 6.87. The number of ketones is 1. The Morgan fingerprint density at radius 1 is 1.06 bits per heavy atom. The molecule has 0 aliphatic carbocycles. The van der Waals surface area contributed by atoms with E-state index in [1.165, 1.54) is 7.11 Å². The highest BCUT2D eigenvalue weighted by molar-refractivity contribution is 6.46. The summed E-state index contributed by atoms with van der Waals surface area (Å²) in [5.41, 5.74) is 1.35. The van der Waals surface area contributed by atoms with Crippen molar-refractivity contribution in [2.45, 2.75) is 12.5 Å². The van der Waals surface area contributed by atoms with Crippen molar-refractivity contribution in [2.75, 3.05) is 46.5 Å². The third kappa shape index (κ3) is 4.54. The molecule has 0 saturated carbocycles. The van der Waals surface area contributed by atoms with Crippen LogP contribution in [0.5, 0.6) is 5.75 Å². The van der Waals surface area contributed by atoms with Crippen LogP contribution in [0.4, 0.5) is 0 Å². The number of nitrogens with zero attached hydrogens (tertiary/aromatic N) is 2. The SMILES string of the molecule is COc1cccc(C(O)=C2C(=O)C(=O)N(CCCN3CCOCC3)[C@@H]2c2ccccc2)c1. The molecule has 0 unspecified atom stereocenters. The molecule has 2 heterocycles. The van der Waals surface area contributed by atoms with Gasteiger partial charge in [-0.1, -0.05) is 42.5 Å². The molecule has 1 N–H and O–H groups in total. The predicted molar refractivity (Wildman–Crippen MR) is 120 cm³/mol. The van der Waals surface area contributed by atoms with Crippen molar-refractivity contribution in [3.8, 4) is 5.75 Å². The molecule has 2 aliphatic heterocycles. The van der Waals surface area contributed by atoms with Crippen LogP contribution in [0.3, 0.4) is 0 Å². The van der Waals surface area contributed by atoms with Gasteiger partial charge in [0.05, 0.1) is 31.9 Å². The maximum absolute atomic E-state index is 13.1. The van der Waals surface area contributed by atoms with Gasteiger partial charge >= 0.3 is 0 Å². The molecule has 168 valence electrons. The monoisotopic (exact) mass is 436 g/mol. The lowest BCUT2D eigenvalue weighted by atomic mass is 9.95. The van der Waals surface area contributed by atoms with E-state index >= 15 is 0 Å². The first-order chi connectivity index (χ1) is 15.6. The lowest BCUT2D eigenvalue weighted by Gasteiger charge is -2.29. The number of benzene rings is 2. The van der Waals surface area contributed by atoms with E-state index in [0.717, 1.165) is 44.8 Å². The molecule has 7 heteroatoms. The maximum Gasteiger partial charge on any atom is 0.295 e. The van der Waals surface area contributed by atoms with Crippen LogP contribution in [0.1, 0.15) is 23.6 Å². The summed E-state index contributed by atoms with van der Waals surface area (Å²) in [7, 11) is 1.54. The summed E-state index contributed by atoms with van der Waals surface area (Å²) in [6.07, 6.45) is 0.732. The topological polar surface area (TPSA) is 79.3 Å². The van der Waals surface area contributed by atoms with Crippen LogP contribution in [-0.2, 0) is 14.3 Å². The molecule has 0 radical (unpaired) electrons. The summed E-state index contributed by atoms with van der Waals surface area (Å²) in [5.74, 6) is -0.868. The largest absolute Gasteiger partial charge is 0.507 e. The Morgan fingerprint density at radius 3 is 2.53 bits per heavy atom. The molecular formula is C25H28N2O5. The minimum Gasteiger partial charge on any atom is -0.507 e. The second kappa shape index (κ2) is 9.97. The molecular weight excluding hydrogens is 408 g/mol. The normalized spacial score (nSPS) is 21.2. The van der Waals surface area contributed by atoms with Crippen molar-refractivity contribution in [2.24, 2.45) is 0 Å². The third-order valence-corrected chi connectivity index (χ3v) is 5.98. The minimum atomic E-state index is -0.662. The van der Waals surface area contributed by atoms with Gasteiger partial charge in [0.2, 0.25) is 0 Å². The molecule has 1 amide bonds. The Morgan fingerprint density at radius 2 is 1.81 bits per heavy atom. The zero-order chi connectivity index (χ0) is 22.5. The van der Waals surface area contributed by atoms with E-state index in [0.29, 0.717) is 17.9 Å². The van der Waals surface area contributed by atoms with E-state index in [4.69, 9.17) is 9.47 Å². The molecule has 2 aromatic carbocycles. The van der Waals surface area contributed by atoms with Gasteiger partial charge in [0.15, 0.2) is 0 Å². The molecule has 2 aliphatic rings. The van der Waals surface area contributed by atoms with E-state index in [1.54, 1.807) is 29.2 Å². The van der Waals surface area contributed by atoms with Crippen LogP contribution in [-0.4, -0.2) is 73.1 Å². The number of carbonyl (C=O) groups excluding carboxylic acids is 2. The highest BCUT2D eigenvalue weighted by Crippen LogP contribution is 2.39. The van der Waals surface area contributed by atoms with Crippen LogP contribution in [0, 0.1) is 0 Å². The molecule has 0 bridgehead atoms. The van der Waals surface area contributed by atoms with Crippen LogP contribution < -0.4 is 4.74 Å². The van der Waals surface area contributed by atoms with Gasteiger partial charge in [-0.15, -0.1) is 0 Å². The Balaban J connectivity index is 1.65. The quantitative estimate of drug-likeness (QED) is 0.409. The van der Waals surface area contributed by atoms with Crippen molar-refractivity contribution < 1.29 is 24.2 Å². The summed E-state index contributed by atoms with van der Waals surface area (Å²) >= 11 is 0. The fraction of sp³-hybridized carbons (Fsp3) is 0.360. The Labute approximate surface area is 187 Å². The first kappa shape index (κ1) is 22.0. The molecule has 1 atom stereocenters. The van der Waals surface area contributed by atoms with Crippen molar-refractivity contribution in [3.05, 3.63) is 71.3 Å². The van der Waals surface area contributed by atoms with Gasteiger partial charge in [-0.2, -0.15) is 0 Å². The number of amides is 1. The van der Waals surface area contributed by atoms with Crippen LogP contribution in [0.15, 0.2) is 60.2 Å². The molecule has 4 rings (SSSR count). The number of aliphatic hydroxyl groups is 1. The zero-order valence-electron chi connectivity index (χ0n) is 18.2. The van der Waals surface area contributed by atoms with Gasteiger partial charge in [-0.05, 0) is 24.1 Å². The number of likely N-dealkylation sites (tertiary alicyclic amines) is 1. The molecule has 2 fully saturated rings. The Bertz CT molecular complexity index is 998. The van der Waals surface area contributed by atoms with Crippen molar-refractivity contribution in [1.29, 1.82) is 0 Å². The van der Waals surface area contributed by atoms with Gasteiger partial charge in [0.1, 0.15) is 11.5 Å². The molecule has 32 heavy (non-hydrogen) atoms. The first-order valence-corrected chi connectivity index (χ1v) is 10.9. The maximum atomic E-state index is 13.1. The molecule has 2 saturated heterocycles. The second-order valence-electron chi connectivity index (χ2n) is 7.94. The average Bonchev–Trinajstić information content (AvgIpc) is 3.10.